The molecular formula is C3H3N3S. The molecule has 0 aliphatic rings. The zero-order valence-corrected chi connectivity index (χ0v) is 4.57. The minimum Gasteiger partial charge on any atom is -0.171 e. The molecule has 0 aliphatic heterocycles. The Labute approximate surface area is 46.3 Å². The highest BCUT2D eigenvalue weighted by Crippen LogP contribution is 1.97. The Morgan fingerprint density at radius 1 is 1.43 bits per heavy atom. The largest absolute Gasteiger partial charge is 0.205 e. The summed E-state index contributed by atoms with van der Waals surface area (Å²) in [6, 6.07) is 0. The molecule has 0 atom stereocenters. The van der Waals surface area contributed by atoms with E-state index in [1.165, 1.54) is 0 Å². The predicted octanol–water partition coefficient (Wildman–Crippen LogP) is 0.529. The predicted molar refractivity (Wildman–Crippen MR) is 26.6 cm³/mol. The second kappa shape index (κ2) is 3.32. The van der Waals surface area contributed by atoms with Crippen molar-refractivity contribution < 1.29 is 0 Å². The second-order valence-corrected chi connectivity index (χ2v) is 1.41. The lowest BCUT2D eigenvalue weighted by Crippen LogP contribution is -1.94. The molecule has 0 rings (SSSR count). The van der Waals surface area contributed by atoms with Crippen LogP contribution in [-0.4, -0.2) is 10.6 Å². The highest BCUT2D eigenvalue weighted by molar-refractivity contribution is 7.96. The van der Waals surface area contributed by atoms with Crippen LogP contribution in [0.3, 0.4) is 0 Å². The van der Waals surface area contributed by atoms with E-state index in [1.807, 2.05) is 0 Å². The minimum absolute atomic E-state index is 0.903. The van der Waals surface area contributed by atoms with E-state index in [0.717, 1.165) is 16.3 Å². The molecule has 0 radical (unpaired) electrons. The molecule has 7 heavy (non-hydrogen) atoms. The average Bonchev–Trinajstić information content (AvgIpc) is 1.72. The molecule has 0 bridgehead atoms. The Kier molecular flexibility index (Phi) is 2.91. The fraction of sp³-hybridized carbons (Fsp3) is 0.333. The lowest BCUT2D eigenvalue weighted by atomic mass is 11.2. The molecule has 0 saturated heterocycles. The lowest BCUT2D eigenvalue weighted by Gasteiger charge is -1.92. The molecule has 3 nitrogen and oxygen atoms in total. The van der Waals surface area contributed by atoms with Gasteiger partial charge in [-0.15, -0.1) is 0 Å². The third-order valence-electron chi connectivity index (χ3n) is 0.364. The maximum absolute atomic E-state index is 7.96. The molecule has 36 valence electrons. The van der Waals surface area contributed by atoms with Crippen LogP contribution in [0, 0.1) is 22.9 Å². The van der Waals surface area contributed by atoms with Gasteiger partial charge in [0.2, 0.25) is 12.4 Å². The summed E-state index contributed by atoms with van der Waals surface area (Å²) >= 11 is 1.08. The second-order valence-electron chi connectivity index (χ2n) is 0.677. The highest BCUT2D eigenvalue weighted by Gasteiger charge is 1.89. The number of nitrogens with zero attached hydrogens (tertiary/aromatic N) is 3. The first-order chi connectivity index (χ1) is 3.35. The van der Waals surface area contributed by atoms with Crippen molar-refractivity contribution in [2.45, 2.75) is 0 Å². The van der Waals surface area contributed by atoms with Gasteiger partial charge in [-0.3, -0.25) is 0 Å². The summed E-state index contributed by atoms with van der Waals surface area (Å²) in [5.41, 5.74) is 0. The van der Waals surface area contributed by atoms with E-state index < -0.39 is 0 Å². The van der Waals surface area contributed by atoms with E-state index >= 15 is 0 Å². The molecule has 0 aromatic heterocycles. The van der Waals surface area contributed by atoms with Crippen LogP contribution in [0.15, 0.2) is 0 Å². The fourth-order valence-electron chi connectivity index (χ4n) is 0.104. The third kappa shape index (κ3) is 1.91. The summed E-state index contributed by atoms with van der Waals surface area (Å²) in [6.07, 6.45) is 4.93. The standard InChI is InChI=1S/C3H3N3S/c1-7-6(2-4)3-5/h1H3. The number of rotatable bonds is 1. The number of hydrogen-bond acceptors (Lipinski definition) is 4. The van der Waals surface area contributed by atoms with Crippen LogP contribution < -0.4 is 0 Å². The molecule has 0 amide bonds. The maximum Gasteiger partial charge on any atom is 0.205 e. The van der Waals surface area contributed by atoms with Gasteiger partial charge >= 0.3 is 0 Å². The summed E-state index contributed by atoms with van der Waals surface area (Å²) in [5, 5.41) is 15.9. The molecule has 0 heterocycles. The molecule has 0 unspecified atom stereocenters. The van der Waals surface area contributed by atoms with E-state index in [2.05, 4.69) is 0 Å². The van der Waals surface area contributed by atoms with Crippen LogP contribution in [-0.2, 0) is 0 Å². The molecule has 0 aliphatic carbocycles. The Morgan fingerprint density at radius 2 is 1.86 bits per heavy atom. The first-order valence-corrected chi connectivity index (χ1v) is 2.67. The summed E-state index contributed by atoms with van der Waals surface area (Å²) in [4.78, 5) is 0. The van der Waals surface area contributed by atoms with Crippen molar-refractivity contribution in [2.75, 3.05) is 6.26 Å². The number of hydrogen-bond donors (Lipinski definition) is 0. The monoisotopic (exact) mass is 113 g/mol. The summed E-state index contributed by atoms with van der Waals surface area (Å²) in [7, 11) is 0. The fourth-order valence-corrected chi connectivity index (χ4v) is 0.267. The van der Waals surface area contributed by atoms with E-state index in [0.29, 0.717) is 0 Å². The summed E-state index contributed by atoms with van der Waals surface area (Å²) in [6.45, 7) is 0. The van der Waals surface area contributed by atoms with Crippen molar-refractivity contribution in [2.24, 2.45) is 0 Å². The Bertz CT molecular complexity index is 105. The molecule has 0 aromatic carbocycles. The van der Waals surface area contributed by atoms with Crippen molar-refractivity contribution in [3.8, 4) is 12.4 Å². The van der Waals surface area contributed by atoms with Crippen molar-refractivity contribution >= 4 is 11.9 Å². The van der Waals surface area contributed by atoms with Crippen molar-refractivity contribution in [1.29, 1.82) is 10.5 Å². The first-order valence-electron chi connectivity index (χ1n) is 1.49. The Morgan fingerprint density at radius 3 is 1.86 bits per heavy atom. The third-order valence-corrected chi connectivity index (χ3v) is 0.893. The van der Waals surface area contributed by atoms with Crippen LogP contribution in [0.25, 0.3) is 0 Å². The van der Waals surface area contributed by atoms with Gasteiger partial charge in [0.05, 0.1) is 0 Å². The summed E-state index contributed by atoms with van der Waals surface area (Å²) < 4.78 is 0.903. The van der Waals surface area contributed by atoms with Gasteiger partial charge in [-0.2, -0.15) is 14.8 Å². The average molecular weight is 113 g/mol. The van der Waals surface area contributed by atoms with Gasteiger partial charge in [0.25, 0.3) is 0 Å². The van der Waals surface area contributed by atoms with E-state index in [9.17, 15) is 0 Å². The highest BCUT2D eigenvalue weighted by atomic mass is 32.2. The summed E-state index contributed by atoms with van der Waals surface area (Å²) in [5.74, 6) is 0. The molecule has 0 aromatic rings. The van der Waals surface area contributed by atoms with Crippen LogP contribution in [0.1, 0.15) is 0 Å². The van der Waals surface area contributed by atoms with Crippen molar-refractivity contribution in [3.63, 3.8) is 0 Å². The van der Waals surface area contributed by atoms with Gasteiger partial charge in [-0.1, -0.05) is 0 Å². The van der Waals surface area contributed by atoms with Crippen molar-refractivity contribution in [1.82, 2.24) is 4.31 Å². The van der Waals surface area contributed by atoms with Gasteiger partial charge in [0.1, 0.15) is 0 Å². The minimum atomic E-state index is 0.903. The molecule has 0 fully saturated rings. The van der Waals surface area contributed by atoms with Crippen LogP contribution in [0.5, 0.6) is 0 Å². The van der Waals surface area contributed by atoms with Gasteiger partial charge in [-0.05, 0) is 11.9 Å². The molecule has 0 N–H and O–H groups in total. The Balaban J connectivity index is 3.50. The van der Waals surface area contributed by atoms with E-state index in [4.69, 9.17) is 10.5 Å². The lowest BCUT2D eigenvalue weighted by molar-refractivity contribution is 0.903. The zero-order valence-electron chi connectivity index (χ0n) is 3.75. The maximum atomic E-state index is 7.96. The van der Waals surface area contributed by atoms with Crippen LogP contribution in [0.2, 0.25) is 0 Å². The number of nitriles is 2. The van der Waals surface area contributed by atoms with Gasteiger partial charge < -0.3 is 0 Å². The van der Waals surface area contributed by atoms with E-state index in [-0.39, 0.29) is 0 Å². The van der Waals surface area contributed by atoms with Crippen LogP contribution >= 0.6 is 11.9 Å². The Hall–Kier alpha value is -0.870. The topological polar surface area (TPSA) is 50.8 Å². The van der Waals surface area contributed by atoms with Crippen LogP contribution in [0.4, 0.5) is 0 Å². The molecule has 0 spiro atoms. The van der Waals surface area contributed by atoms with Gasteiger partial charge in [-0.25, -0.2) is 0 Å². The molecule has 0 saturated carbocycles. The first kappa shape index (κ1) is 6.13. The zero-order chi connectivity index (χ0) is 5.70. The molecular weight excluding hydrogens is 110 g/mol. The SMILES string of the molecule is CSN(C#N)C#N. The molecule has 4 heteroatoms. The van der Waals surface area contributed by atoms with Crippen molar-refractivity contribution in [3.05, 3.63) is 0 Å². The normalized spacial score (nSPS) is 6.14. The van der Waals surface area contributed by atoms with Gasteiger partial charge in [0.15, 0.2) is 0 Å². The smallest absolute Gasteiger partial charge is 0.171 e. The van der Waals surface area contributed by atoms with E-state index in [1.54, 1.807) is 18.6 Å². The quantitative estimate of drug-likeness (QED) is 0.283. The van der Waals surface area contributed by atoms with Gasteiger partial charge in [0, 0.05) is 6.26 Å².